The molecule has 1 aromatic heterocycles. The first-order chi connectivity index (χ1) is 7.24. The third kappa shape index (κ3) is 2.48. The van der Waals surface area contributed by atoms with Gasteiger partial charge in [-0.25, -0.2) is 0 Å². The summed E-state index contributed by atoms with van der Waals surface area (Å²) >= 11 is 3.35. The zero-order chi connectivity index (χ0) is 10.7. The van der Waals surface area contributed by atoms with Crippen LogP contribution in [0.2, 0.25) is 0 Å². The van der Waals surface area contributed by atoms with E-state index in [1.54, 1.807) is 12.4 Å². The van der Waals surface area contributed by atoms with Gasteiger partial charge in [-0.1, -0.05) is 0 Å². The number of aromatic nitrogens is 1. The Hall–Kier alpha value is -0.650. The number of ether oxygens (including phenoxy) is 1. The number of hydrogen-bond donors (Lipinski definition) is 2. The Labute approximate surface area is 96.8 Å². The van der Waals surface area contributed by atoms with E-state index in [-0.39, 0.29) is 12.0 Å². The van der Waals surface area contributed by atoms with E-state index < -0.39 is 0 Å². The van der Waals surface area contributed by atoms with E-state index in [0.717, 1.165) is 10.2 Å². The van der Waals surface area contributed by atoms with Gasteiger partial charge in [0.05, 0.1) is 37.1 Å². The second kappa shape index (κ2) is 4.47. The average Bonchev–Trinajstić information content (AvgIpc) is 2.17. The molecule has 0 aliphatic carbocycles. The van der Waals surface area contributed by atoms with Crippen molar-refractivity contribution in [2.24, 2.45) is 5.41 Å². The minimum Gasteiger partial charge on any atom is -0.396 e. The monoisotopic (exact) mass is 272 g/mol. The molecule has 0 radical (unpaired) electrons. The van der Waals surface area contributed by atoms with E-state index in [0.29, 0.717) is 19.8 Å². The second-order valence-corrected chi connectivity index (χ2v) is 4.81. The number of nitrogens with one attached hydrogen (secondary N) is 1. The van der Waals surface area contributed by atoms with Gasteiger partial charge >= 0.3 is 0 Å². The van der Waals surface area contributed by atoms with Gasteiger partial charge in [0, 0.05) is 17.2 Å². The number of pyridine rings is 1. The molecule has 1 saturated heterocycles. The van der Waals surface area contributed by atoms with Gasteiger partial charge in [0.15, 0.2) is 0 Å². The fraction of sp³-hybridized carbons (Fsp3) is 0.500. The van der Waals surface area contributed by atoms with Crippen molar-refractivity contribution in [3.8, 4) is 0 Å². The van der Waals surface area contributed by atoms with Crippen LogP contribution in [0, 0.1) is 5.41 Å². The molecule has 0 atom stereocenters. The van der Waals surface area contributed by atoms with Crippen molar-refractivity contribution in [3.63, 3.8) is 0 Å². The molecule has 1 aliphatic rings. The van der Waals surface area contributed by atoms with Crippen molar-refractivity contribution in [1.29, 1.82) is 0 Å². The summed E-state index contributed by atoms with van der Waals surface area (Å²) in [5.74, 6) is 0. The molecule has 1 aromatic rings. The Morgan fingerprint density at radius 1 is 1.53 bits per heavy atom. The van der Waals surface area contributed by atoms with Crippen LogP contribution in [0.4, 0.5) is 5.69 Å². The Bertz CT molecular complexity index is 336. The third-order valence-corrected chi connectivity index (χ3v) is 2.96. The van der Waals surface area contributed by atoms with E-state index >= 15 is 0 Å². The van der Waals surface area contributed by atoms with Crippen molar-refractivity contribution < 1.29 is 9.84 Å². The van der Waals surface area contributed by atoms with Crippen molar-refractivity contribution in [1.82, 2.24) is 4.98 Å². The van der Waals surface area contributed by atoms with Crippen LogP contribution in [0.1, 0.15) is 0 Å². The van der Waals surface area contributed by atoms with E-state index in [1.807, 2.05) is 6.07 Å². The zero-order valence-electron chi connectivity index (χ0n) is 8.24. The van der Waals surface area contributed by atoms with Gasteiger partial charge in [0.2, 0.25) is 0 Å². The number of hydrogen-bond acceptors (Lipinski definition) is 4. The topological polar surface area (TPSA) is 54.4 Å². The molecule has 0 saturated carbocycles. The highest BCUT2D eigenvalue weighted by Gasteiger charge is 2.37. The molecule has 0 aromatic carbocycles. The lowest BCUT2D eigenvalue weighted by molar-refractivity contribution is -0.128. The standard InChI is InChI=1S/C10H13BrN2O2/c11-8-1-9(3-12-2-8)13-4-10(5-14)6-15-7-10/h1-3,13-14H,4-7H2. The normalized spacial score (nSPS) is 18.3. The number of aliphatic hydroxyl groups excluding tert-OH is 1. The maximum atomic E-state index is 9.22. The fourth-order valence-corrected chi connectivity index (χ4v) is 1.80. The van der Waals surface area contributed by atoms with E-state index in [1.165, 1.54) is 0 Å². The Balaban J connectivity index is 1.92. The number of halogens is 1. The van der Waals surface area contributed by atoms with Crippen molar-refractivity contribution in [2.45, 2.75) is 0 Å². The van der Waals surface area contributed by atoms with Gasteiger partial charge in [-0.05, 0) is 22.0 Å². The highest BCUT2D eigenvalue weighted by molar-refractivity contribution is 9.10. The smallest absolute Gasteiger partial charge is 0.0584 e. The minimum absolute atomic E-state index is 0.109. The molecule has 0 unspecified atom stereocenters. The first-order valence-electron chi connectivity index (χ1n) is 4.77. The SMILES string of the molecule is OCC1(CNc2cncc(Br)c2)COC1. The lowest BCUT2D eigenvalue weighted by Crippen LogP contribution is -2.50. The van der Waals surface area contributed by atoms with E-state index in [4.69, 9.17) is 4.74 Å². The summed E-state index contributed by atoms with van der Waals surface area (Å²) in [4.78, 5) is 4.05. The maximum absolute atomic E-state index is 9.22. The first kappa shape index (κ1) is 10.9. The fourth-order valence-electron chi connectivity index (χ4n) is 1.44. The minimum atomic E-state index is -0.109. The van der Waals surface area contributed by atoms with Crippen LogP contribution in [0.5, 0.6) is 0 Å². The summed E-state index contributed by atoms with van der Waals surface area (Å²) in [7, 11) is 0. The van der Waals surface area contributed by atoms with Gasteiger partial charge < -0.3 is 15.2 Å². The summed E-state index contributed by atoms with van der Waals surface area (Å²) in [6.45, 7) is 2.11. The van der Waals surface area contributed by atoms with Gasteiger partial charge in [-0.2, -0.15) is 0 Å². The lowest BCUT2D eigenvalue weighted by atomic mass is 9.87. The average molecular weight is 273 g/mol. The Morgan fingerprint density at radius 3 is 2.87 bits per heavy atom. The predicted molar refractivity (Wildman–Crippen MR) is 60.8 cm³/mol. The summed E-state index contributed by atoms with van der Waals surface area (Å²) in [6.07, 6.45) is 3.49. The molecule has 0 amide bonds. The van der Waals surface area contributed by atoms with Crippen LogP contribution in [0.25, 0.3) is 0 Å². The molecule has 5 heteroatoms. The quantitative estimate of drug-likeness (QED) is 0.867. The largest absolute Gasteiger partial charge is 0.396 e. The molecule has 0 bridgehead atoms. The number of aliphatic hydroxyl groups is 1. The van der Waals surface area contributed by atoms with Crippen LogP contribution in [-0.2, 0) is 4.74 Å². The van der Waals surface area contributed by atoms with Crippen LogP contribution in [0.15, 0.2) is 22.9 Å². The van der Waals surface area contributed by atoms with Crippen molar-refractivity contribution in [3.05, 3.63) is 22.9 Å². The Morgan fingerprint density at radius 2 is 2.33 bits per heavy atom. The molecule has 82 valence electrons. The summed E-state index contributed by atoms with van der Waals surface area (Å²) < 4.78 is 6.06. The highest BCUT2D eigenvalue weighted by Crippen LogP contribution is 2.27. The molecule has 2 N–H and O–H groups in total. The molecule has 15 heavy (non-hydrogen) atoms. The molecular formula is C10H13BrN2O2. The second-order valence-electron chi connectivity index (χ2n) is 3.90. The number of nitrogens with zero attached hydrogens (tertiary/aromatic N) is 1. The molecule has 1 fully saturated rings. The summed E-state index contributed by atoms with van der Waals surface area (Å²) in [5.41, 5.74) is 0.839. The van der Waals surface area contributed by atoms with Gasteiger partial charge in [-0.3, -0.25) is 4.98 Å². The number of rotatable bonds is 4. The summed E-state index contributed by atoms with van der Waals surface area (Å²) in [5, 5.41) is 12.5. The molecule has 1 aliphatic heterocycles. The highest BCUT2D eigenvalue weighted by atomic mass is 79.9. The van der Waals surface area contributed by atoms with Gasteiger partial charge in [-0.15, -0.1) is 0 Å². The molecule has 2 heterocycles. The van der Waals surface area contributed by atoms with Crippen LogP contribution in [-0.4, -0.2) is 36.5 Å². The van der Waals surface area contributed by atoms with E-state index in [2.05, 4.69) is 26.2 Å². The number of anilines is 1. The maximum Gasteiger partial charge on any atom is 0.0584 e. The van der Waals surface area contributed by atoms with Gasteiger partial charge in [0.25, 0.3) is 0 Å². The van der Waals surface area contributed by atoms with Crippen LogP contribution >= 0.6 is 15.9 Å². The molecular weight excluding hydrogens is 260 g/mol. The third-order valence-electron chi connectivity index (χ3n) is 2.52. The first-order valence-corrected chi connectivity index (χ1v) is 5.56. The zero-order valence-corrected chi connectivity index (χ0v) is 9.83. The molecule has 0 spiro atoms. The van der Waals surface area contributed by atoms with Crippen LogP contribution in [0.3, 0.4) is 0 Å². The Kier molecular flexibility index (Phi) is 3.23. The summed E-state index contributed by atoms with van der Waals surface area (Å²) in [6, 6.07) is 1.96. The van der Waals surface area contributed by atoms with Crippen molar-refractivity contribution >= 4 is 21.6 Å². The van der Waals surface area contributed by atoms with Crippen LogP contribution < -0.4 is 5.32 Å². The van der Waals surface area contributed by atoms with Crippen molar-refractivity contribution in [2.75, 3.05) is 31.7 Å². The van der Waals surface area contributed by atoms with E-state index in [9.17, 15) is 5.11 Å². The predicted octanol–water partition coefficient (Wildman–Crippen LogP) is 1.26. The molecule has 4 nitrogen and oxygen atoms in total. The van der Waals surface area contributed by atoms with Gasteiger partial charge in [0.1, 0.15) is 0 Å². The molecule has 2 rings (SSSR count). The lowest BCUT2D eigenvalue weighted by Gasteiger charge is -2.40.